The summed E-state index contributed by atoms with van der Waals surface area (Å²) in [7, 11) is 0. The lowest BCUT2D eigenvalue weighted by Crippen LogP contribution is -2.09. The van der Waals surface area contributed by atoms with Gasteiger partial charge in [0.2, 0.25) is 0 Å². The Bertz CT molecular complexity index is 806. The first-order chi connectivity index (χ1) is 10.6. The fraction of sp³-hybridized carbons (Fsp3) is 0.111. The van der Waals surface area contributed by atoms with Crippen LogP contribution in [-0.2, 0) is 6.42 Å². The van der Waals surface area contributed by atoms with E-state index in [4.69, 9.17) is 5.11 Å². The predicted molar refractivity (Wildman–Crippen MR) is 80.4 cm³/mol. The molecule has 0 bridgehead atoms. The SMILES string of the molecule is O=C(O)c1cc(CC2=CCC(=O)c3ccccc32)ccc1F. The van der Waals surface area contributed by atoms with Crippen molar-refractivity contribution < 1.29 is 19.1 Å². The molecule has 0 aromatic heterocycles. The summed E-state index contributed by atoms with van der Waals surface area (Å²) >= 11 is 0. The fourth-order valence-electron chi connectivity index (χ4n) is 2.68. The van der Waals surface area contributed by atoms with Gasteiger partial charge in [-0.2, -0.15) is 0 Å². The van der Waals surface area contributed by atoms with Crippen LogP contribution >= 0.6 is 0 Å². The molecule has 3 nitrogen and oxygen atoms in total. The second kappa shape index (κ2) is 5.56. The number of halogens is 1. The monoisotopic (exact) mass is 296 g/mol. The number of fused-ring (bicyclic) bond motifs is 1. The average Bonchev–Trinajstić information content (AvgIpc) is 2.52. The molecule has 0 fully saturated rings. The van der Waals surface area contributed by atoms with Crippen LogP contribution in [0, 0.1) is 5.82 Å². The molecule has 110 valence electrons. The summed E-state index contributed by atoms with van der Waals surface area (Å²) in [6.07, 6.45) is 2.65. The molecule has 2 aromatic rings. The van der Waals surface area contributed by atoms with Crippen molar-refractivity contribution in [3.63, 3.8) is 0 Å². The molecule has 1 aliphatic carbocycles. The van der Waals surface area contributed by atoms with Crippen molar-refractivity contribution in [3.05, 3.63) is 76.6 Å². The van der Waals surface area contributed by atoms with Gasteiger partial charge in [-0.05, 0) is 35.3 Å². The van der Waals surface area contributed by atoms with Crippen LogP contribution in [0.1, 0.15) is 38.3 Å². The second-order valence-corrected chi connectivity index (χ2v) is 5.20. The van der Waals surface area contributed by atoms with Gasteiger partial charge in [0.25, 0.3) is 0 Å². The number of benzene rings is 2. The molecular weight excluding hydrogens is 283 g/mol. The summed E-state index contributed by atoms with van der Waals surface area (Å²) in [5.74, 6) is -1.96. The largest absolute Gasteiger partial charge is 0.478 e. The van der Waals surface area contributed by atoms with E-state index in [9.17, 15) is 14.0 Å². The van der Waals surface area contributed by atoms with Gasteiger partial charge in [0.1, 0.15) is 5.82 Å². The number of hydrogen-bond acceptors (Lipinski definition) is 2. The number of carboxylic acids is 1. The first kappa shape index (κ1) is 14.2. The van der Waals surface area contributed by atoms with Gasteiger partial charge in [-0.15, -0.1) is 0 Å². The smallest absolute Gasteiger partial charge is 0.338 e. The third-order valence-electron chi connectivity index (χ3n) is 3.76. The van der Waals surface area contributed by atoms with Crippen LogP contribution in [0.4, 0.5) is 4.39 Å². The van der Waals surface area contributed by atoms with E-state index in [0.717, 1.165) is 11.1 Å². The highest BCUT2D eigenvalue weighted by atomic mass is 19.1. The minimum Gasteiger partial charge on any atom is -0.478 e. The van der Waals surface area contributed by atoms with Crippen molar-refractivity contribution in [1.29, 1.82) is 0 Å². The second-order valence-electron chi connectivity index (χ2n) is 5.20. The molecule has 0 radical (unpaired) electrons. The predicted octanol–water partition coefficient (Wildman–Crippen LogP) is 3.74. The van der Waals surface area contributed by atoms with Gasteiger partial charge in [0.15, 0.2) is 5.78 Å². The van der Waals surface area contributed by atoms with Crippen LogP contribution in [0.15, 0.2) is 48.5 Å². The number of allylic oxidation sites excluding steroid dienone is 2. The Morgan fingerprint density at radius 3 is 2.59 bits per heavy atom. The normalized spacial score (nSPS) is 13.5. The van der Waals surface area contributed by atoms with E-state index in [1.54, 1.807) is 12.1 Å². The van der Waals surface area contributed by atoms with Gasteiger partial charge >= 0.3 is 5.97 Å². The van der Waals surface area contributed by atoms with E-state index in [0.29, 0.717) is 24.0 Å². The zero-order valence-corrected chi connectivity index (χ0v) is 11.7. The average molecular weight is 296 g/mol. The van der Waals surface area contributed by atoms with Crippen molar-refractivity contribution in [2.24, 2.45) is 0 Å². The zero-order chi connectivity index (χ0) is 15.7. The first-order valence-electron chi connectivity index (χ1n) is 6.89. The molecule has 22 heavy (non-hydrogen) atoms. The van der Waals surface area contributed by atoms with Crippen molar-refractivity contribution >= 4 is 17.3 Å². The van der Waals surface area contributed by atoms with Crippen LogP contribution < -0.4 is 0 Å². The maximum atomic E-state index is 13.4. The third kappa shape index (κ3) is 2.55. The number of ketones is 1. The van der Waals surface area contributed by atoms with Gasteiger partial charge in [-0.25, -0.2) is 9.18 Å². The number of Topliss-reactive ketones (excluding diaryl/α,β-unsaturated/α-hetero) is 1. The number of rotatable bonds is 3. The molecule has 0 saturated carbocycles. The molecule has 0 unspecified atom stereocenters. The quantitative estimate of drug-likeness (QED) is 0.938. The molecule has 1 aliphatic rings. The van der Waals surface area contributed by atoms with Gasteiger partial charge in [-0.1, -0.05) is 36.4 Å². The maximum absolute atomic E-state index is 13.4. The lowest BCUT2D eigenvalue weighted by atomic mass is 9.86. The van der Waals surface area contributed by atoms with E-state index in [1.165, 1.54) is 12.1 Å². The van der Waals surface area contributed by atoms with Gasteiger partial charge in [-0.3, -0.25) is 4.79 Å². The van der Waals surface area contributed by atoms with Crippen LogP contribution in [0.2, 0.25) is 0 Å². The minimum absolute atomic E-state index is 0.0738. The Kier molecular flexibility index (Phi) is 3.59. The Hall–Kier alpha value is -2.75. The van der Waals surface area contributed by atoms with Crippen LogP contribution in [0.5, 0.6) is 0 Å². The zero-order valence-electron chi connectivity index (χ0n) is 11.7. The molecule has 0 saturated heterocycles. The van der Waals surface area contributed by atoms with Crippen molar-refractivity contribution in [2.45, 2.75) is 12.8 Å². The molecule has 4 heteroatoms. The highest BCUT2D eigenvalue weighted by Gasteiger charge is 2.19. The molecular formula is C18H13FO3. The Balaban J connectivity index is 1.96. The summed E-state index contributed by atoms with van der Waals surface area (Å²) in [5.41, 5.74) is 2.87. The fourth-order valence-corrected chi connectivity index (χ4v) is 2.68. The van der Waals surface area contributed by atoms with E-state index in [1.807, 2.05) is 24.3 Å². The molecule has 0 aliphatic heterocycles. The van der Waals surface area contributed by atoms with E-state index in [-0.39, 0.29) is 11.3 Å². The Morgan fingerprint density at radius 2 is 1.86 bits per heavy atom. The van der Waals surface area contributed by atoms with E-state index in [2.05, 4.69) is 0 Å². The Morgan fingerprint density at radius 1 is 1.14 bits per heavy atom. The van der Waals surface area contributed by atoms with Crippen molar-refractivity contribution in [1.82, 2.24) is 0 Å². The number of hydrogen-bond donors (Lipinski definition) is 1. The summed E-state index contributed by atoms with van der Waals surface area (Å²) in [6, 6.07) is 11.4. The summed E-state index contributed by atoms with van der Waals surface area (Å²) in [5, 5.41) is 8.99. The maximum Gasteiger partial charge on any atom is 0.338 e. The topological polar surface area (TPSA) is 54.4 Å². The molecule has 0 spiro atoms. The molecule has 1 N–H and O–H groups in total. The van der Waals surface area contributed by atoms with Crippen LogP contribution in [0.3, 0.4) is 0 Å². The lowest BCUT2D eigenvalue weighted by Gasteiger charge is -2.17. The number of aromatic carboxylic acids is 1. The highest BCUT2D eigenvalue weighted by molar-refractivity contribution is 6.04. The minimum atomic E-state index is -1.28. The van der Waals surface area contributed by atoms with Gasteiger partial charge < -0.3 is 5.11 Å². The van der Waals surface area contributed by atoms with Crippen LogP contribution in [-0.4, -0.2) is 16.9 Å². The van der Waals surface area contributed by atoms with Crippen molar-refractivity contribution in [2.75, 3.05) is 0 Å². The summed E-state index contributed by atoms with van der Waals surface area (Å²) in [4.78, 5) is 22.9. The van der Waals surface area contributed by atoms with Crippen molar-refractivity contribution in [3.8, 4) is 0 Å². The molecule has 0 atom stereocenters. The Labute approximate surface area is 126 Å². The highest BCUT2D eigenvalue weighted by Crippen LogP contribution is 2.29. The van der Waals surface area contributed by atoms with E-state index >= 15 is 0 Å². The molecule has 3 rings (SSSR count). The number of carbonyl (C=O) groups excluding carboxylic acids is 1. The van der Waals surface area contributed by atoms with Crippen LogP contribution in [0.25, 0.3) is 5.57 Å². The lowest BCUT2D eigenvalue weighted by molar-refractivity contribution is 0.0691. The van der Waals surface area contributed by atoms with E-state index < -0.39 is 11.8 Å². The third-order valence-corrected chi connectivity index (χ3v) is 3.76. The van der Waals surface area contributed by atoms with Gasteiger partial charge in [0.05, 0.1) is 5.56 Å². The summed E-state index contributed by atoms with van der Waals surface area (Å²) in [6.45, 7) is 0. The first-order valence-corrected chi connectivity index (χ1v) is 6.89. The van der Waals surface area contributed by atoms with Gasteiger partial charge in [0, 0.05) is 12.0 Å². The number of carboxylic acid groups (broad SMARTS) is 1. The molecule has 0 heterocycles. The standard InChI is InChI=1S/C18H13FO3/c19-16-7-5-11(10-15(16)18(21)22)9-12-6-8-17(20)14-4-2-1-3-13(12)14/h1-7,10H,8-9H2,(H,21,22). The molecule has 0 amide bonds. The summed E-state index contributed by atoms with van der Waals surface area (Å²) < 4.78 is 13.4. The number of carbonyl (C=O) groups is 2. The molecule has 2 aromatic carbocycles.